The molecule has 0 radical (unpaired) electrons. The molecular formula is C27H26ClFN6O2. The van der Waals surface area contributed by atoms with Crippen LogP contribution in [0, 0.1) is 12.7 Å². The summed E-state index contributed by atoms with van der Waals surface area (Å²) in [6.45, 7) is 6.67. The molecule has 2 aromatic carbocycles. The van der Waals surface area contributed by atoms with Gasteiger partial charge in [-0.05, 0) is 61.2 Å². The normalized spacial score (nSPS) is 15.6. The molecule has 1 saturated heterocycles. The quantitative estimate of drug-likeness (QED) is 0.355. The lowest BCUT2D eigenvalue weighted by atomic mass is 10.1. The molecule has 4 aromatic rings. The van der Waals surface area contributed by atoms with Crippen LogP contribution < -0.4 is 10.5 Å². The van der Waals surface area contributed by atoms with E-state index in [0.29, 0.717) is 57.5 Å². The Hall–Kier alpha value is -3.98. The third kappa shape index (κ3) is 4.86. The Morgan fingerprint density at radius 1 is 1.30 bits per heavy atom. The number of hydrogen-bond donors (Lipinski definition) is 1. The van der Waals surface area contributed by atoms with Gasteiger partial charge in [-0.25, -0.2) is 19.0 Å². The first-order chi connectivity index (χ1) is 17.9. The summed E-state index contributed by atoms with van der Waals surface area (Å²) in [6, 6.07) is 10.2. The number of hydrogen-bond acceptors (Lipinski definition) is 6. The minimum atomic E-state index is -0.278. The second-order valence-corrected chi connectivity index (χ2v) is 9.46. The van der Waals surface area contributed by atoms with Gasteiger partial charge in [0.05, 0.1) is 16.5 Å². The number of carbonyl (C=O) groups excluding carboxylic acids is 1. The van der Waals surface area contributed by atoms with Crippen molar-refractivity contribution < 1.29 is 13.9 Å². The molecule has 0 saturated carbocycles. The molecule has 3 heterocycles. The summed E-state index contributed by atoms with van der Waals surface area (Å²) in [5.74, 6) is 0.384. The van der Waals surface area contributed by atoms with Crippen molar-refractivity contribution in [1.29, 1.82) is 0 Å². The standard InChI is InChI=1S/C27H26ClFN6O2/c1-3-23(36)34-10-4-5-19(13-34)35-27-24(26(30)31-15-32-27)25(33-35)18-8-9-22(20(28)12-18)37-14-17-7-6-16(2)21(29)11-17/h3,6-9,11-12,15,19H,1,4-5,10,13-14H2,2H3,(H2,30,31,32)/t19-/m0/s1. The van der Waals surface area contributed by atoms with E-state index < -0.39 is 0 Å². The van der Waals surface area contributed by atoms with E-state index in [2.05, 4.69) is 16.5 Å². The van der Waals surface area contributed by atoms with Crippen LogP contribution in [0.25, 0.3) is 22.3 Å². The molecule has 1 amide bonds. The van der Waals surface area contributed by atoms with Crippen LogP contribution in [-0.4, -0.2) is 43.6 Å². The van der Waals surface area contributed by atoms with Crippen molar-refractivity contribution in [1.82, 2.24) is 24.6 Å². The first-order valence-electron chi connectivity index (χ1n) is 11.9. The third-order valence-electron chi connectivity index (χ3n) is 6.58. The molecule has 1 aliphatic heterocycles. The lowest BCUT2D eigenvalue weighted by Crippen LogP contribution is -2.40. The van der Waals surface area contributed by atoms with Crippen molar-refractivity contribution in [3.05, 3.63) is 77.3 Å². The van der Waals surface area contributed by atoms with E-state index in [9.17, 15) is 9.18 Å². The van der Waals surface area contributed by atoms with Gasteiger partial charge >= 0.3 is 0 Å². The van der Waals surface area contributed by atoms with E-state index in [4.69, 9.17) is 27.2 Å². The van der Waals surface area contributed by atoms with Gasteiger partial charge in [0.2, 0.25) is 5.91 Å². The predicted molar refractivity (Wildman–Crippen MR) is 141 cm³/mol. The maximum Gasteiger partial charge on any atom is 0.246 e. The second kappa shape index (κ2) is 10.2. The number of amides is 1. The highest BCUT2D eigenvalue weighted by Crippen LogP contribution is 2.37. The van der Waals surface area contributed by atoms with Crippen LogP contribution in [0.1, 0.15) is 30.0 Å². The maximum atomic E-state index is 13.9. The molecule has 190 valence electrons. The lowest BCUT2D eigenvalue weighted by molar-refractivity contribution is -0.127. The van der Waals surface area contributed by atoms with E-state index in [-0.39, 0.29) is 24.4 Å². The fraction of sp³-hybridized carbons (Fsp3) is 0.259. The van der Waals surface area contributed by atoms with Crippen LogP contribution in [0.2, 0.25) is 5.02 Å². The number of nitrogen functional groups attached to an aromatic ring is 1. The molecule has 2 aromatic heterocycles. The molecule has 0 aliphatic carbocycles. The zero-order chi connectivity index (χ0) is 26.1. The summed E-state index contributed by atoms with van der Waals surface area (Å²) < 4.78 is 21.5. The number of benzene rings is 2. The number of likely N-dealkylation sites (tertiary alicyclic amines) is 1. The number of carbonyl (C=O) groups is 1. The molecule has 8 nitrogen and oxygen atoms in total. The largest absolute Gasteiger partial charge is 0.487 e. The Morgan fingerprint density at radius 3 is 2.89 bits per heavy atom. The average molecular weight is 521 g/mol. The van der Waals surface area contributed by atoms with E-state index in [1.54, 1.807) is 30.0 Å². The number of fused-ring (bicyclic) bond motifs is 1. The molecular weight excluding hydrogens is 495 g/mol. The van der Waals surface area contributed by atoms with Crippen molar-refractivity contribution in [3.63, 3.8) is 0 Å². The number of piperidine rings is 1. The summed E-state index contributed by atoms with van der Waals surface area (Å²) in [6.07, 6.45) is 4.42. The fourth-order valence-corrected chi connectivity index (χ4v) is 4.82. The number of rotatable bonds is 6. The molecule has 0 spiro atoms. The van der Waals surface area contributed by atoms with Crippen LogP contribution in [0.4, 0.5) is 10.2 Å². The van der Waals surface area contributed by atoms with Gasteiger partial charge < -0.3 is 15.4 Å². The molecule has 2 N–H and O–H groups in total. The summed E-state index contributed by atoms with van der Waals surface area (Å²) in [5, 5.41) is 5.87. The monoisotopic (exact) mass is 520 g/mol. The Morgan fingerprint density at radius 2 is 2.14 bits per heavy atom. The number of anilines is 1. The maximum absolute atomic E-state index is 13.9. The molecule has 1 atom stereocenters. The highest BCUT2D eigenvalue weighted by molar-refractivity contribution is 6.32. The van der Waals surface area contributed by atoms with Crippen LogP contribution in [0.3, 0.4) is 0 Å². The predicted octanol–water partition coefficient (Wildman–Crippen LogP) is 5.10. The molecule has 37 heavy (non-hydrogen) atoms. The van der Waals surface area contributed by atoms with Crippen molar-refractivity contribution >= 4 is 34.4 Å². The van der Waals surface area contributed by atoms with Gasteiger partial charge in [-0.2, -0.15) is 5.10 Å². The van der Waals surface area contributed by atoms with Crippen molar-refractivity contribution in [2.75, 3.05) is 18.8 Å². The van der Waals surface area contributed by atoms with Gasteiger partial charge in [-0.1, -0.05) is 30.3 Å². The molecule has 10 heteroatoms. The van der Waals surface area contributed by atoms with Gasteiger partial charge in [0.15, 0.2) is 5.65 Å². The zero-order valence-corrected chi connectivity index (χ0v) is 21.1. The van der Waals surface area contributed by atoms with Gasteiger partial charge in [0, 0.05) is 18.7 Å². The average Bonchev–Trinajstić information content (AvgIpc) is 3.30. The van der Waals surface area contributed by atoms with E-state index in [1.165, 1.54) is 18.5 Å². The van der Waals surface area contributed by atoms with E-state index in [0.717, 1.165) is 18.4 Å². The van der Waals surface area contributed by atoms with Crippen LogP contribution in [0.5, 0.6) is 5.75 Å². The van der Waals surface area contributed by atoms with Crippen molar-refractivity contribution in [2.24, 2.45) is 0 Å². The Bertz CT molecular complexity index is 1500. The SMILES string of the molecule is C=CC(=O)N1CCC[C@H](n2nc(-c3ccc(OCc4ccc(C)c(F)c4)c(Cl)c3)c3c(N)ncnc32)C1. The second-order valence-electron chi connectivity index (χ2n) is 9.05. The van der Waals surface area contributed by atoms with E-state index >= 15 is 0 Å². The topological polar surface area (TPSA) is 99.2 Å². The third-order valence-corrected chi connectivity index (χ3v) is 6.88. The molecule has 0 unspecified atom stereocenters. The summed E-state index contributed by atoms with van der Waals surface area (Å²) in [5.41, 5.74) is 9.46. The first-order valence-corrected chi connectivity index (χ1v) is 12.3. The summed E-state index contributed by atoms with van der Waals surface area (Å²) in [4.78, 5) is 22.6. The van der Waals surface area contributed by atoms with E-state index in [1.807, 2.05) is 16.8 Å². The number of aryl methyl sites for hydroxylation is 1. The highest BCUT2D eigenvalue weighted by Gasteiger charge is 2.28. The van der Waals surface area contributed by atoms with Crippen molar-refractivity contribution in [2.45, 2.75) is 32.4 Å². The van der Waals surface area contributed by atoms with Gasteiger partial charge in [0.25, 0.3) is 0 Å². The minimum absolute atomic E-state index is 0.0730. The first kappa shape index (κ1) is 24.7. The number of aromatic nitrogens is 4. The summed E-state index contributed by atoms with van der Waals surface area (Å²) >= 11 is 6.57. The zero-order valence-electron chi connectivity index (χ0n) is 20.3. The summed E-state index contributed by atoms with van der Waals surface area (Å²) in [7, 11) is 0. The van der Waals surface area contributed by atoms with Gasteiger partial charge in [0.1, 0.15) is 36.0 Å². The molecule has 5 rings (SSSR count). The molecule has 1 fully saturated rings. The number of nitrogens with two attached hydrogens (primary N) is 1. The molecule has 1 aliphatic rings. The Labute approximate surface area is 218 Å². The van der Waals surface area contributed by atoms with Gasteiger partial charge in [-0.15, -0.1) is 0 Å². The highest BCUT2D eigenvalue weighted by atomic mass is 35.5. The van der Waals surface area contributed by atoms with Crippen LogP contribution >= 0.6 is 11.6 Å². The van der Waals surface area contributed by atoms with Crippen molar-refractivity contribution in [3.8, 4) is 17.0 Å². The smallest absolute Gasteiger partial charge is 0.246 e. The lowest BCUT2D eigenvalue weighted by Gasteiger charge is -2.32. The Balaban J connectivity index is 1.46. The number of nitrogens with zero attached hydrogens (tertiary/aromatic N) is 5. The Kier molecular flexibility index (Phi) is 6.80. The fourth-order valence-electron chi connectivity index (χ4n) is 4.59. The number of ether oxygens (including phenoxy) is 1. The molecule has 0 bridgehead atoms. The minimum Gasteiger partial charge on any atom is -0.487 e. The van der Waals surface area contributed by atoms with Crippen LogP contribution in [-0.2, 0) is 11.4 Å². The van der Waals surface area contributed by atoms with Gasteiger partial charge in [-0.3, -0.25) is 4.79 Å². The van der Waals surface area contributed by atoms with Crippen LogP contribution in [0.15, 0.2) is 55.4 Å². The number of halogens is 2.